The van der Waals surface area contributed by atoms with Gasteiger partial charge in [-0.25, -0.2) is 9.97 Å². The molecule has 0 spiro atoms. The van der Waals surface area contributed by atoms with Gasteiger partial charge in [0.05, 0.1) is 19.9 Å². The van der Waals surface area contributed by atoms with Gasteiger partial charge in [0.25, 0.3) is 5.91 Å². The summed E-state index contributed by atoms with van der Waals surface area (Å²) in [5.41, 5.74) is 4.20. The van der Waals surface area contributed by atoms with E-state index in [4.69, 9.17) is 14.5 Å². The van der Waals surface area contributed by atoms with E-state index in [1.54, 1.807) is 32.5 Å². The number of para-hydroxylation sites is 1. The van der Waals surface area contributed by atoms with E-state index < -0.39 is 11.9 Å². The summed E-state index contributed by atoms with van der Waals surface area (Å²) in [5.74, 6) is 0.644. The summed E-state index contributed by atoms with van der Waals surface area (Å²) in [4.78, 5) is 34.3. The Morgan fingerprint density at radius 2 is 1.82 bits per heavy atom. The van der Waals surface area contributed by atoms with Gasteiger partial charge < -0.3 is 19.1 Å². The maximum absolute atomic E-state index is 13.4. The summed E-state index contributed by atoms with van der Waals surface area (Å²) >= 11 is 0. The molecule has 4 aromatic rings. The van der Waals surface area contributed by atoms with Crippen LogP contribution >= 0.6 is 0 Å². The largest absolute Gasteiger partial charge is 0.496 e. The van der Waals surface area contributed by atoms with Crippen LogP contribution in [0, 0.1) is 12.8 Å². The second-order valence-corrected chi connectivity index (χ2v) is 10.3. The van der Waals surface area contributed by atoms with Crippen molar-refractivity contribution in [2.45, 2.75) is 52.0 Å². The molecule has 9 heteroatoms. The molecule has 0 atom stereocenters. The molecule has 9 nitrogen and oxygen atoms in total. The summed E-state index contributed by atoms with van der Waals surface area (Å²) in [7, 11) is 3.25. The predicted molar refractivity (Wildman–Crippen MR) is 153 cm³/mol. The maximum Gasteiger partial charge on any atom is 0.323 e. The molecule has 1 amide bonds. The van der Waals surface area contributed by atoms with Crippen LogP contribution in [-0.4, -0.2) is 45.7 Å². The first kappa shape index (κ1) is 27.2. The number of nitrogens with zero attached hydrogens (tertiary/aromatic N) is 3. The second kappa shape index (κ2) is 11.8. The number of fused-ring (bicyclic) bond motifs is 1. The van der Waals surface area contributed by atoms with Crippen molar-refractivity contribution < 1.29 is 24.2 Å². The molecule has 0 bridgehead atoms. The number of carboxylic acid groups (broad SMARTS) is 1. The fraction of sp³-hybridized carbons (Fsp3) is 0.355. The van der Waals surface area contributed by atoms with Crippen molar-refractivity contribution in [2.75, 3.05) is 19.5 Å². The molecule has 2 aromatic carbocycles. The summed E-state index contributed by atoms with van der Waals surface area (Å²) in [6.45, 7) is 1.61. The number of hydrogen-bond donors (Lipinski definition) is 2. The molecule has 5 rings (SSSR count). The van der Waals surface area contributed by atoms with E-state index in [1.165, 1.54) is 30.3 Å². The van der Waals surface area contributed by atoms with Crippen molar-refractivity contribution >= 4 is 28.7 Å². The monoisotopic (exact) mass is 542 g/mol. The predicted octanol–water partition coefficient (Wildman–Crippen LogP) is 5.88. The standard InChI is InChI=1S/C31H34N4O5/c1-19-14-27(40-3)23(16-26(19)39-2)29-22(13-12-20-8-4-5-9-20)17-32-31(33-29)34-30(38)25-15-21-10-6-7-11-24(21)35(25)18-28(36)37/h6-7,10-11,14-17,20H,4-5,8-9,12-13,18H2,1-3H3,(H,36,37)(H,32,33,34,38). The first-order chi connectivity index (χ1) is 19.4. The van der Waals surface area contributed by atoms with Crippen LogP contribution in [0.25, 0.3) is 22.2 Å². The Morgan fingerprint density at radius 3 is 2.55 bits per heavy atom. The Bertz CT molecular complexity index is 1560. The minimum Gasteiger partial charge on any atom is -0.496 e. The number of carbonyl (C=O) groups excluding carboxylic acids is 1. The highest BCUT2D eigenvalue weighted by molar-refractivity contribution is 6.06. The first-order valence-corrected chi connectivity index (χ1v) is 13.6. The topological polar surface area (TPSA) is 116 Å². The summed E-state index contributed by atoms with van der Waals surface area (Å²) in [6, 6.07) is 12.8. The van der Waals surface area contributed by atoms with Crippen molar-refractivity contribution in [1.82, 2.24) is 14.5 Å². The normalized spacial score (nSPS) is 13.5. The molecule has 2 aromatic heterocycles. The lowest BCUT2D eigenvalue weighted by Gasteiger charge is -2.17. The van der Waals surface area contributed by atoms with Crippen LogP contribution in [0.4, 0.5) is 5.95 Å². The minimum atomic E-state index is -1.04. The number of methoxy groups -OCH3 is 2. The fourth-order valence-corrected chi connectivity index (χ4v) is 5.65. The van der Waals surface area contributed by atoms with Crippen LogP contribution in [0.3, 0.4) is 0 Å². The number of aryl methyl sites for hydroxylation is 2. The smallest absolute Gasteiger partial charge is 0.323 e. The zero-order valence-corrected chi connectivity index (χ0v) is 23.1. The van der Waals surface area contributed by atoms with Gasteiger partial charge in [-0.15, -0.1) is 0 Å². The number of aliphatic carboxylic acids is 1. The molecule has 2 N–H and O–H groups in total. The molecular formula is C31H34N4O5. The van der Waals surface area contributed by atoms with E-state index in [9.17, 15) is 14.7 Å². The third kappa shape index (κ3) is 5.64. The van der Waals surface area contributed by atoms with Crippen molar-refractivity contribution in [3.05, 3.63) is 65.5 Å². The highest BCUT2D eigenvalue weighted by Gasteiger charge is 2.22. The van der Waals surface area contributed by atoms with E-state index in [0.29, 0.717) is 28.6 Å². The van der Waals surface area contributed by atoms with Gasteiger partial charge in [0, 0.05) is 22.7 Å². The molecule has 40 heavy (non-hydrogen) atoms. The zero-order chi connectivity index (χ0) is 28.2. The van der Waals surface area contributed by atoms with Crippen LogP contribution in [-0.2, 0) is 17.8 Å². The number of rotatable bonds is 10. The number of nitrogens with one attached hydrogen (secondary N) is 1. The Balaban J connectivity index is 1.53. The number of anilines is 1. The number of benzene rings is 2. The molecule has 2 heterocycles. The molecule has 0 unspecified atom stereocenters. The molecule has 0 aliphatic heterocycles. The number of hydrogen-bond acceptors (Lipinski definition) is 6. The molecule has 208 valence electrons. The maximum atomic E-state index is 13.4. The Hall–Kier alpha value is -4.40. The first-order valence-electron chi connectivity index (χ1n) is 13.6. The van der Waals surface area contributed by atoms with Crippen LogP contribution < -0.4 is 14.8 Å². The quantitative estimate of drug-likeness (QED) is 0.257. The van der Waals surface area contributed by atoms with E-state index in [1.807, 2.05) is 37.3 Å². The van der Waals surface area contributed by atoms with Crippen molar-refractivity contribution in [1.29, 1.82) is 0 Å². The number of carboxylic acids is 1. The molecule has 1 aliphatic rings. The van der Waals surface area contributed by atoms with E-state index in [2.05, 4.69) is 10.3 Å². The highest BCUT2D eigenvalue weighted by atomic mass is 16.5. The van der Waals surface area contributed by atoms with Gasteiger partial charge in [0.2, 0.25) is 5.95 Å². The van der Waals surface area contributed by atoms with Gasteiger partial charge in [-0.2, -0.15) is 0 Å². The Kier molecular flexibility index (Phi) is 8.00. The number of ether oxygens (including phenoxy) is 2. The van der Waals surface area contributed by atoms with Gasteiger partial charge in [-0.05, 0) is 61.1 Å². The van der Waals surface area contributed by atoms with Crippen LogP contribution in [0.15, 0.2) is 48.7 Å². The molecule has 0 radical (unpaired) electrons. The van der Waals surface area contributed by atoms with Gasteiger partial charge in [0.15, 0.2) is 0 Å². The van der Waals surface area contributed by atoms with Crippen molar-refractivity contribution in [3.63, 3.8) is 0 Å². The van der Waals surface area contributed by atoms with Crippen LogP contribution in [0.1, 0.15) is 53.7 Å². The summed E-state index contributed by atoms with van der Waals surface area (Å²) in [5, 5.41) is 13.0. The van der Waals surface area contributed by atoms with Gasteiger partial charge in [-0.1, -0.05) is 43.9 Å². The summed E-state index contributed by atoms with van der Waals surface area (Å²) < 4.78 is 12.8. The molecule has 1 aliphatic carbocycles. The number of amides is 1. The van der Waals surface area contributed by atoms with E-state index in [-0.39, 0.29) is 18.2 Å². The van der Waals surface area contributed by atoms with Crippen molar-refractivity contribution in [3.8, 4) is 22.8 Å². The van der Waals surface area contributed by atoms with E-state index >= 15 is 0 Å². The van der Waals surface area contributed by atoms with Gasteiger partial charge in [0.1, 0.15) is 23.7 Å². The molecule has 1 saturated carbocycles. The van der Waals surface area contributed by atoms with E-state index in [0.717, 1.165) is 34.9 Å². The lowest BCUT2D eigenvalue weighted by molar-refractivity contribution is -0.137. The second-order valence-electron chi connectivity index (χ2n) is 10.3. The Labute approximate surface area is 233 Å². The molecule has 0 saturated heterocycles. The molecular weight excluding hydrogens is 508 g/mol. The zero-order valence-electron chi connectivity index (χ0n) is 23.1. The fourth-order valence-electron chi connectivity index (χ4n) is 5.65. The van der Waals surface area contributed by atoms with Crippen LogP contribution in [0.5, 0.6) is 11.5 Å². The SMILES string of the molecule is COc1cc(-c2nc(NC(=O)c3cc4ccccc4n3CC(=O)O)ncc2CCC2CCCC2)c(OC)cc1C. The summed E-state index contributed by atoms with van der Waals surface area (Å²) in [6.07, 6.45) is 8.67. The van der Waals surface area contributed by atoms with Crippen LogP contribution in [0.2, 0.25) is 0 Å². The third-order valence-corrected chi connectivity index (χ3v) is 7.70. The van der Waals surface area contributed by atoms with Gasteiger partial charge in [-0.3, -0.25) is 14.9 Å². The Morgan fingerprint density at radius 1 is 1.07 bits per heavy atom. The van der Waals surface area contributed by atoms with Crippen molar-refractivity contribution in [2.24, 2.45) is 5.92 Å². The number of carbonyl (C=O) groups is 2. The van der Waals surface area contributed by atoms with Gasteiger partial charge >= 0.3 is 5.97 Å². The minimum absolute atomic E-state index is 0.123. The lowest BCUT2D eigenvalue weighted by Crippen LogP contribution is -2.21. The lowest BCUT2D eigenvalue weighted by atomic mass is 9.95. The third-order valence-electron chi connectivity index (χ3n) is 7.70. The average Bonchev–Trinajstić information content (AvgIpc) is 3.60. The average molecular weight is 543 g/mol. The number of aromatic nitrogens is 3. The highest BCUT2D eigenvalue weighted by Crippen LogP contribution is 2.38. The molecule has 1 fully saturated rings.